The largest absolute Gasteiger partial charge is 0.507 e. The summed E-state index contributed by atoms with van der Waals surface area (Å²) in [5.74, 6) is 1.90. The first kappa shape index (κ1) is 21.6. The molecule has 0 radical (unpaired) electrons. The Balaban J connectivity index is 1.64. The third-order valence-corrected chi connectivity index (χ3v) is 6.24. The lowest BCUT2D eigenvalue weighted by molar-refractivity contribution is 0.351. The highest BCUT2D eigenvalue weighted by Crippen LogP contribution is 2.42. The highest BCUT2D eigenvalue weighted by molar-refractivity contribution is 6.06. The third kappa shape index (κ3) is 3.77. The third-order valence-electron chi connectivity index (χ3n) is 6.24. The van der Waals surface area contributed by atoms with Crippen LogP contribution in [0.4, 0.5) is 5.69 Å². The smallest absolute Gasteiger partial charge is 0.164 e. The zero-order valence-corrected chi connectivity index (χ0v) is 19.4. The minimum atomic E-state index is -0.0537. The van der Waals surface area contributed by atoms with Crippen LogP contribution in [0.3, 0.4) is 0 Å². The molecule has 4 aromatic carbocycles. The first-order valence-electron chi connectivity index (χ1n) is 11.1. The number of nitrogens with zero attached hydrogens (tertiary/aromatic N) is 2. The molecular weight excluding hydrogens is 428 g/mol. The fourth-order valence-electron chi connectivity index (χ4n) is 4.53. The van der Waals surface area contributed by atoms with Crippen molar-refractivity contribution in [2.75, 3.05) is 26.3 Å². The van der Waals surface area contributed by atoms with Crippen molar-refractivity contribution in [2.45, 2.75) is 12.5 Å². The molecule has 0 bridgehead atoms. The van der Waals surface area contributed by atoms with E-state index in [4.69, 9.17) is 19.3 Å². The fraction of sp³-hybridized carbons (Fsp3) is 0.179. The lowest BCUT2D eigenvalue weighted by Crippen LogP contribution is -2.18. The average Bonchev–Trinajstić information content (AvgIpc) is 3.33. The van der Waals surface area contributed by atoms with E-state index in [1.54, 1.807) is 33.5 Å². The molecule has 0 spiro atoms. The number of fused-ring (bicyclic) bond motifs is 1. The summed E-state index contributed by atoms with van der Waals surface area (Å²) in [6, 6.07) is 25.9. The summed E-state index contributed by atoms with van der Waals surface area (Å²) in [6.07, 6.45) is 0.614. The zero-order chi connectivity index (χ0) is 23.7. The maximum atomic E-state index is 10.8. The average molecular weight is 455 g/mol. The fourth-order valence-corrected chi connectivity index (χ4v) is 4.53. The number of aromatic hydroxyl groups is 1. The van der Waals surface area contributed by atoms with Gasteiger partial charge in [0.2, 0.25) is 0 Å². The molecule has 1 aliphatic heterocycles. The minimum Gasteiger partial charge on any atom is -0.507 e. The predicted octanol–water partition coefficient (Wildman–Crippen LogP) is 5.93. The van der Waals surface area contributed by atoms with Gasteiger partial charge in [0.15, 0.2) is 11.5 Å². The second-order valence-corrected chi connectivity index (χ2v) is 8.10. The molecular formula is C28H26N2O4. The van der Waals surface area contributed by atoms with Crippen molar-refractivity contribution < 1.29 is 19.3 Å². The van der Waals surface area contributed by atoms with Crippen LogP contribution < -0.4 is 19.2 Å². The summed E-state index contributed by atoms with van der Waals surface area (Å²) in [6.45, 7) is 0. The number of methoxy groups -OCH3 is 3. The molecule has 0 saturated heterocycles. The summed E-state index contributed by atoms with van der Waals surface area (Å²) in [5.41, 5.74) is 3.51. The van der Waals surface area contributed by atoms with Gasteiger partial charge in [0.25, 0.3) is 0 Å². The van der Waals surface area contributed by atoms with Crippen molar-refractivity contribution in [1.29, 1.82) is 0 Å². The standard InChI is InChI=1S/C28H26N2O4/c1-32-20-13-11-19(12-14-20)30-25(22-10-6-8-18-7-4-5-9-21(18)22)16-24(29-30)23-15-27(33-2)28(34-3)17-26(23)31/h4-15,17,25,31H,16H2,1-3H3. The molecule has 0 aromatic heterocycles. The van der Waals surface area contributed by atoms with Crippen molar-refractivity contribution >= 4 is 22.2 Å². The first-order chi connectivity index (χ1) is 16.6. The number of hydrogen-bond acceptors (Lipinski definition) is 6. The molecule has 6 heteroatoms. The van der Waals surface area contributed by atoms with Crippen LogP contribution in [0, 0.1) is 0 Å². The molecule has 1 unspecified atom stereocenters. The number of phenols is 1. The van der Waals surface area contributed by atoms with E-state index >= 15 is 0 Å². The van der Waals surface area contributed by atoms with Crippen LogP contribution in [0.15, 0.2) is 84.0 Å². The second kappa shape index (κ2) is 8.98. The van der Waals surface area contributed by atoms with Gasteiger partial charge in [-0.3, -0.25) is 5.01 Å². The Morgan fingerprint density at radius 3 is 2.26 bits per heavy atom. The van der Waals surface area contributed by atoms with E-state index in [0.29, 0.717) is 23.5 Å². The van der Waals surface area contributed by atoms with E-state index < -0.39 is 0 Å². The Hall–Kier alpha value is -4.19. The number of anilines is 1. The van der Waals surface area contributed by atoms with Crippen LogP contribution in [0.5, 0.6) is 23.0 Å². The highest BCUT2D eigenvalue weighted by Gasteiger charge is 2.32. The number of benzene rings is 4. The van der Waals surface area contributed by atoms with Crippen LogP contribution in [0.1, 0.15) is 23.6 Å². The van der Waals surface area contributed by atoms with E-state index in [1.165, 1.54) is 16.3 Å². The van der Waals surface area contributed by atoms with E-state index in [0.717, 1.165) is 17.1 Å². The maximum Gasteiger partial charge on any atom is 0.164 e. The van der Waals surface area contributed by atoms with E-state index in [9.17, 15) is 5.11 Å². The molecule has 6 nitrogen and oxygen atoms in total. The van der Waals surface area contributed by atoms with Gasteiger partial charge in [0.1, 0.15) is 11.5 Å². The van der Waals surface area contributed by atoms with Crippen molar-refractivity contribution in [2.24, 2.45) is 5.10 Å². The van der Waals surface area contributed by atoms with Gasteiger partial charge in [0, 0.05) is 18.1 Å². The van der Waals surface area contributed by atoms with Crippen molar-refractivity contribution in [1.82, 2.24) is 0 Å². The Labute approximate surface area is 198 Å². The normalized spacial score (nSPS) is 15.3. The number of ether oxygens (including phenoxy) is 3. The summed E-state index contributed by atoms with van der Waals surface area (Å²) in [7, 11) is 4.78. The van der Waals surface area contributed by atoms with Crippen LogP contribution in [-0.2, 0) is 0 Å². The molecule has 1 atom stereocenters. The monoisotopic (exact) mass is 454 g/mol. The Morgan fingerprint density at radius 2 is 1.53 bits per heavy atom. The van der Waals surface area contributed by atoms with Crippen LogP contribution in [-0.4, -0.2) is 32.1 Å². The van der Waals surface area contributed by atoms with Crippen molar-refractivity contribution in [3.63, 3.8) is 0 Å². The van der Waals surface area contributed by atoms with Crippen LogP contribution in [0.2, 0.25) is 0 Å². The Morgan fingerprint density at radius 1 is 0.824 bits per heavy atom. The second-order valence-electron chi connectivity index (χ2n) is 8.10. The summed E-state index contributed by atoms with van der Waals surface area (Å²) < 4.78 is 16.2. The molecule has 1 aliphatic rings. The summed E-state index contributed by atoms with van der Waals surface area (Å²) in [4.78, 5) is 0. The first-order valence-corrected chi connectivity index (χ1v) is 11.1. The molecule has 0 fully saturated rings. The van der Waals surface area contributed by atoms with Gasteiger partial charge in [-0.1, -0.05) is 42.5 Å². The molecule has 0 amide bonds. The molecule has 0 aliphatic carbocycles. The van der Waals surface area contributed by atoms with Gasteiger partial charge in [-0.2, -0.15) is 5.10 Å². The molecule has 5 rings (SSSR count). The molecule has 1 N–H and O–H groups in total. The minimum absolute atomic E-state index is 0.0537. The summed E-state index contributed by atoms with van der Waals surface area (Å²) >= 11 is 0. The zero-order valence-electron chi connectivity index (χ0n) is 19.4. The van der Waals surface area contributed by atoms with E-state index in [2.05, 4.69) is 36.4 Å². The molecule has 34 heavy (non-hydrogen) atoms. The number of hydrogen-bond donors (Lipinski definition) is 1. The molecule has 0 saturated carbocycles. The maximum absolute atomic E-state index is 10.8. The van der Waals surface area contributed by atoms with E-state index in [-0.39, 0.29) is 11.8 Å². The molecule has 1 heterocycles. The molecule has 172 valence electrons. The number of hydrazone groups is 1. The number of phenolic OH excluding ortho intramolecular Hbond substituents is 1. The lowest BCUT2D eigenvalue weighted by Gasteiger charge is -2.25. The quantitative estimate of drug-likeness (QED) is 0.391. The van der Waals surface area contributed by atoms with Crippen molar-refractivity contribution in [3.8, 4) is 23.0 Å². The van der Waals surface area contributed by atoms with Crippen molar-refractivity contribution in [3.05, 3.63) is 90.0 Å². The Kier molecular flexibility index (Phi) is 5.72. The van der Waals surface area contributed by atoms with Crippen LogP contribution in [0.25, 0.3) is 10.8 Å². The topological polar surface area (TPSA) is 63.5 Å². The number of rotatable bonds is 6. The van der Waals surface area contributed by atoms with Gasteiger partial charge >= 0.3 is 0 Å². The van der Waals surface area contributed by atoms with Gasteiger partial charge in [-0.15, -0.1) is 0 Å². The summed E-state index contributed by atoms with van der Waals surface area (Å²) in [5, 5.41) is 20.2. The van der Waals surface area contributed by atoms with Gasteiger partial charge in [-0.25, -0.2) is 0 Å². The van der Waals surface area contributed by atoms with Gasteiger partial charge < -0.3 is 19.3 Å². The van der Waals surface area contributed by atoms with Gasteiger partial charge in [0.05, 0.1) is 38.8 Å². The molecule has 4 aromatic rings. The van der Waals surface area contributed by atoms with Crippen LogP contribution >= 0.6 is 0 Å². The SMILES string of the molecule is COc1ccc(N2N=C(c3cc(OC)c(OC)cc3O)CC2c2cccc3ccccc23)cc1. The van der Waals surface area contributed by atoms with Gasteiger partial charge in [-0.05, 0) is 46.7 Å². The lowest BCUT2D eigenvalue weighted by atomic mass is 9.93. The Bertz CT molecular complexity index is 1360. The van der Waals surface area contributed by atoms with E-state index in [1.807, 2.05) is 35.3 Å². The predicted molar refractivity (Wildman–Crippen MR) is 135 cm³/mol. The highest BCUT2D eigenvalue weighted by atomic mass is 16.5.